The summed E-state index contributed by atoms with van der Waals surface area (Å²) in [6.45, 7) is 8.88. The lowest BCUT2D eigenvalue weighted by Crippen LogP contribution is -2.39. The van der Waals surface area contributed by atoms with Crippen LogP contribution in [0.2, 0.25) is 0 Å². The summed E-state index contributed by atoms with van der Waals surface area (Å²) in [5, 5.41) is 0.306. The molecule has 0 aliphatic rings. The second-order valence-corrected chi connectivity index (χ2v) is 5.27. The number of aryl methyl sites for hydroxylation is 2. The van der Waals surface area contributed by atoms with Crippen molar-refractivity contribution in [3.05, 3.63) is 34.9 Å². The van der Waals surface area contributed by atoms with Gasteiger partial charge in [0.2, 0.25) is 0 Å². The number of benzene rings is 1. The molecule has 0 aromatic heterocycles. The molecule has 0 aliphatic carbocycles. The van der Waals surface area contributed by atoms with Gasteiger partial charge in [-0.2, -0.15) is 5.12 Å². The van der Waals surface area contributed by atoms with Crippen LogP contribution < -0.4 is 0 Å². The van der Waals surface area contributed by atoms with Crippen LogP contribution in [0.1, 0.15) is 49.2 Å². The molecule has 0 N–H and O–H groups in total. The minimum atomic E-state index is -0.814. The quantitative estimate of drug-likeness (QED) is 0.718. The van der Waals surface area contributed by atoms with E-state index in [1.807, 2.05) is 26.0 Å². The minimum Gasteiger partial charge on any atom is -0.266 e. The zero-order valence-electron chi connectivity index (χ0n) is 11.2. The molecule has 0 heterocycles. The number of amides is 1. The average molecular weight is 237 g/mol. The van der Waals surface area contributed by atoms with Gasteiger partial charge in [-0.3, -0.25) is 4.79 Å². The van der Waals surface area contributed by atoms with Gasteiger partial charge in [0.1, 0.15) is 0 Å². The third-order valence-electron chi connectivity index (χ3n) is 2.64. The van der Waals surface area contributed by atoms with Gasteiger partial charge in [-0.1, -0.05) is 29.1 Å². The van der Waals surface area contributed by atoms with Crippen molar-refractivity contribution in [3.8, 4) is 0 Å². The molecule has 1 aromatic rings. The second kappa shape index (κ2) is 4.86. The number of nitrogens with zero attached hydrogens (tertiary/aromatic N) is 1. The topological polar surface area (TPSA) is 20.3 Å². The fourth-order valence-electron chi connectivity index (χ4n) is 1.61. The lowest BCUT2D eigenvalue weighted by atomic mass is 10.00. The van der Waals surface area contributed by atoms with E-state index in [4.69, 9.17) is 0 Å². The molecule has 0 aliphatic heterocycles. The summed E-state index contributed by atoms with van der Waals surface area (Å²) in [5.41, 5.74) is 1.50. The van der Waals surface area contributed by atoms with Gasteiger partial charge in [0, 0.05) is 5.56 Å². The fraction of sp³-hybridized carbons (Fsp3) is 0.500. The predicted molar refractivity (Wildman–Crippen MR) is 67.6 cm³/mol. The van der Waals surface area contributed by atoms with Crippen molar-refractivity contribution < 1.29 is 9.28 Å². The Morgan fingerprint density at radius 2 is 1.94 bits per heavy atom. The Morgan fingerprint density at radius 1 is 1.35 bits per heavy atom. The number of halogens is 1. The zero-order valence-corrected chi connectivity index (χ0v) is 11.2. The molecular formula is C14H20FNO. The van der Waals surface area contributed by atoms with E-state index >= 15 is 0 Å². The van der Waals surface area contributed by atoms with Crippen LogP contribution in [0.5, 0.6) is 0 Å². The Labute approximate surface area is 102 Å². The highest BCUT2D eigenvalue weighted by Crippen LogP contribution is 2.21. The molecule has 0 atom stereocenters. The van der Waals surface area contributed by atoms with Crippen LogP contribution in [0.25, 0.3) is 0 Å². The van der Waals surface area contributed by atoms with Crippen molar-refractivity contribution in [2.45, 2.75) is 46.6 Å². The molecule has 1 rings (SSSR count). The lowest BCUT2D eigenvalue weighted by Gasteiger charge is -2.27. The SMILES string of the molecule is CCc1ccc(C)cc1C(=O)N(F)C(C)(C)C. The van der Waals surface area contributed by atoms with E-state index in [9.17, 15) is 9.28 Å². The number of rotatable bonds is 2. The molecule has 0 radical (unpaired) electrons. The zero-order chi connectivity index (χ0) is 13.2. The Morgan fingerprint density at radius 3 is 2.41 bits per heavy atom. The smallest absolute Gasteiger partial charge is 0.266 e. The summed E-state index contributed by atoms with van der Waals surface area (Å²) in [5.74, 6) is -0.557. The maximum absolute atomic E-state index is 13.9. The van der Waals surface area contributed by atoms with Crippen LogP contribution in [0.15, 0.2) is 18.2 Å². The minimum absolute atomic E-state index is 0.306. The standard InChI is InChI=1S/C14H20FNO/c1-6-11-8-7-10(2)9-12(11)13(17)16(15)14(3,4)5/h7-9H,6H2,1-5H3. The van der Waals surface area contributed by atoms with Gasteiger partial charge in [-0.05, 0) is 45.7 Å². The van der Waals surface area contributed by atoms with E-state index in [0.717, 1.165) is 17.5 Å². The van der Waals surface area contributed by atoms with E-state index in [1.165, 1.54) is 0 Å². The molecule has 0 unspecified atom stereocenters. The first-order valence-corrected chi connectivity index (χ1v) is 5.87. The summed E-state index contributed by atoms with van der Waals surface area (Å²) in [4.78, 5) is 12.1. The van der Waals surface area contributed by atoms with Gasteiger partial charge in [0.25, 0.3) is 5.91 Å². The van der Waals surface area contributed by atoms with Crippen molar-refractivity contribution in [1.82, 2.24) is 5.12 Å². The molecule has 17 heavy (non-hydrogen) atoms. The molecule has 1 aromatic carbocycles. The maximum Gasteiger partial charge on any atom is 0.282 e. The van der Waals surface area contributed by atoms with E-state index in [-0.39, 0.29) is 0 Å². The highest BCUT2D eigenvalue weighted by Gasteiger charge is 2.28. The van der Waals surface area contributed by atoms with E-state index < -0.39 is 11.4 Å². The fourth-order valence-corrected chi connectivity index (χ4v) is 1.61. The number of hydrogen-bond donors (Lipinski definition) is 0. The predicted octanol–water partition coefficient (Wildman–Crippen LogP) is 3.68. The first-order valence-electron chi connectivity index (χ1n) is 5.87. The average Bonchev–Trinajstić information content (AvgIpc) is 2.25. The molecular weight excluding hydrogens is 217 g/mol. The van der Waals surface area contributed by atoms with E-state index in [1.54, 1.807) is 26.8 Å². The van der Waals surface area contributed by atoms with Crippen molar-refractivity contribution in [2.75, 3.05) is 0 Å². The molecule has 2 nitrogen and oxygen atoms in total. The van der Waals surface area contributed by atoms with Crippen LogP contribution >= 0.6 is 0 Å². The van der Waals surface area contributed by atoms with Gasteiger partial charge in [-0.15, -0.1) is 0 Å². The largest absolute Gasteiger partial charge is 0.282 e. The summed E-state index contributed by atoms with van der Waals surface area (Å²) in [6, 6.07) is 5.58. The van der Waals surface area contributed by atoms with Crippen molar-refractivity contribution >= 4 is 5.91 Å². The van der Waals surface area contributed by atoms with Crippen molar-refractivity contribution in [2.24, 2.45) is 0 Å². The molecule has 0 saturated carbocycles. The summed E-state index contributed by atoms with van der Waals surface area (Å²) in [7, 11) is 0. The van der Waals surface area contributed by atoms with Gasteiger partial charge < -0.3 is 0 Å². The van der Waals surface area contributed by atoms with Crippen LogP contribution in [0, 0.1) is 6.92 Å². The van der Waals surface area contributed by atoms with Gasteiger partial charge in [-0.25, -0.2) is 0 Å². The summed E-state index contributed by atoms with van der Waals surface area (Å²) < 4.78 is 13.9. The van der Waals surface area contributed by atoms with Crippen LogP contribution in [0.3, 0.4) is 0 Å². The molecule has 1 amide bonds. The van der Waals surface area contributed by atoms with Crippen LogP contribution in [-0.2, 0) is 6.42 Å². The van der Waals surface area contributed by atoms with Gasteiger partial charge in [0.05, 0.1) is 5.54 Å². The van der Waals surface area contributed by atoms with Crippen LogP contribution in [-0.4, -0.2) is 16.6 Å². The second-order valence-electron chi connectivity index (χ2n) is 5.27. The van der Waals surface area contributed by atoms with Gasteiger partial charge in [0.15, 0.2) is 0 Å². The Balaban J connectivity index is 3.16. The van der Waals surface area contributed by atoms with Crippen molar-refractivity contribution in [3.63, 3.8) is 0 Å². The molecule has 0 bridgehead atoms. The number of carbonyl (C=O) groups is 1. The van der Waals surface area contributed by atoms with Crippen molar-refractivity contribution in [1.29, 1.82) is 0 Å². The normalized spacial score (nSPS) is 11.4. The molecule has 94 valence electrons. The van der Waals surface area contributed by atoms with E-state index in [2.05, 4.69) is 0 Å². The maximum atomic E-state index is 13.9. The molecule has 3 heteroatoms. The molecule has 0 spiro atoms. The molecule has 0 saturated heterocycles. The molecule has 0 fully saturated rings. The third-order valence-corrected chi connectivity index (χ3v) is 2.64. The number of hydrogen-bond acceptors (Lipinski definition) is 1. The first kappa shape index (κ1) is 13.7. The number of carbonyl (C=O) groups excluding carboxylic acids is 1. The highest BCUT2D eigenvalue weighted by molar-refractivity contribution is 5.95. The monoisotopic (exact) mass is 237 g/mol. The summed E-state index contributed by atoms with van der Waals surface area (Å²) in [6.07, 6.45) is 0.722. The Kier molecular flexibility index (Phi) is 3.91. The highest BCUT2D eigenvalue weighted by atomic mass is 19.2. The Hall–Kier alpha value is -1.38. The summed E-state index contributed by atoms with van der Waals surface area (Å²) >= 11 is 0. The van der Waals surface area contributed by atoms with E-state index in [0.29, 0.717) is 10.7 Å². The Bertz CT molecular complexity index is 421. The van der Waals surface area contributed by atoms with Crippen LogP contribution in [0.4, 0.5) is 4.48 Å². The first-order chi connectivity index (χ1) is 7.77. The van der Waals surface area contributed by atoms with Gasteiger partial charge >= 0.3 is 0 Å². The lowest BCUT2D eigenvalue weighted by molar-refractivity contribution is -0.0322. The third kappa shape index (κ3) is 3.05.